The highest BCUT2D eigenvalue weighted by Crippen LogP contribution is 2.43. The summed E-state index contributed by atoms with van der Waals surface area (Å²) in [5.74, 6) is -1.51. The van der Waals surface area contributed by atoms with Crippen molar-refractivity contribution in [2.75, 3.05) is 17.2 Å². The van der Waals surface area contributed by atoms with Gasteiger partial charge in [0.1, 0.15) is 10.7 Å². The average Bonchev–Trinajstić information content (AvgIpc) is 3.57. The number of nitro groups is 1. The van der Waals surface area contributed by atoms with E-state index in [0.29, 0.717) is 51.0 Å². The second-order valence-corrected chi connectivity index (χ2v) is 15.4. The Morgan fingerprint density at radius 2 is 1.64 bits per heavy atom. The molecule has 0 fully saturated rings. The molecule has 2 unspecified atom stereocenters. The van der Waals surface area contributed by atoms with Crippen LogP contribution in [0.5, 0.6) is 0 Å². The molecule has 0 radical (unpaired) electrons. The SMILES string of the molecule is CCOC(=O)c1c(NC(=O)C(CC)Sc2cccc(NC(=O)/C(=C\c3ccc([N+](=O)[O-])cc3)NC(=O)c3ccccc3)c2)sc2c1CCC(c1ccccc1)C2. The molecule has 5 aromatic rings. The van der Waals surface area contributed by atoms with Gasteiger partial charge in [-0.15, -0.1) is 23.1 Å². The molecule has 56 heavy (non-hydrogen) atoms. The number of carbonyl (C=O) groups excluding carboxylic acids is 4. The van der Waals surface area contributed by atoms with Crippen molar-refractivity contribution in [1.82, 2.24) is 5.32 Å². The van der Waals surface area contributed by atoms with Crippen LogP contribution in [0.3, 0.4) is 0 Å². The van der Waals surface area contributed by atoms with Crippen molar-refractivity contribution in [2.24, 2.45) is 0 Å². The highest BCUT2D eigenvalue weighted by Gasteiger charge is 2.32. The number of benzene rings is 4. The van der Waals surface area contributed by atoms with Crippen LogP contribution in [0.1, 0.15) is 74.9 Å². The normalized spacial score (nSPS) is 14.2. The van der Waals surface area contributed by atoms with Gasteiger partial charge in [-0.1, -0.05) is 61.5 Å². The van der Waals surface area contributed by atoms with Crippen molar-refractivity contribution in [3.8, 4) is 0 Å². The lowest BCUT2D eigenvalue weighted by Gasteiger charge is -2.23. The molecule has 13 heteroatoms. The first-order chi connectivity index (χ1) is 27.1. The van der Waals surface area contributed by atoms with Gasteiger partial charge in [0.25, 0.3) is 17.5 Å². The van der Waals surface area contributed by atoms with E-state index in [1.807, 2.05) is 31.2 Å². The zero-order chi connectivity index (χ0) is 39.6. The number of esters is 1. The van der Waals surface area contributed by atoms with Gasteiger partial charge in [-0.3, -0.25) is 24.5 Å². The van der Waals surface area contributed by atoms with Crippen molar-refractivity contribution >= 4 is 69.2 Å². The molecule has 2 atom stereocenters. The van der Waals surface area contributed by atoms with Crippen molar-refractivity contribution in [2.45, 2.75) is 55.6 Å². The van der Waals surface area contributed by atoms with E-state index in [9.17, 15) is 29.3 Å². The molecule has 11 nitrogen and oxygen atoms in total. The van der Waals surface area contributed by atoms with Crippen molar-refractivity contribution in [3.63, 3.8) is 0 Å². The van der Waals surface area contributed by atoms with E-state index in [0.717, 1.165) is 23.3 Å². The van der Waals surface area contributed by atoms with Crippen LogP contribution in [0.15, 0.2) is 120 Å². The molecular weight excluding hydrogens is 749 g/mol. The Kier molecular flexibility index (Phi) is 13.1. The standard InChI is InChI=1S/C43H40N4O7S2/c1-3-36(41(50)46-42-38(43(51)54-4-2)34-23-20-30(25-37(34)56-42)28-12-7-5-8-13-28)55-33-17-11-16-31(26-33)44-40(49)35(45-39(48)29-14-9-6-10-15-29)24-27-18-21-32(22-19-27)47(52)53/h5-19,21-22,24,26,30,36H,3-4,20,23,25H2,1-2H3,(H,44,49)(H,45,48)(H,46,50)/b35-24+. The van der Waals surface area contributed by atoms with E-state index < -0.39 is 28.0 Å². The van der Waals surface area contributed by atoms with E-state index in [1.165, 1.54) is 59.0 Å². The van der Waals surface area contributed by atoms with Crippen LogP contribution in [-0.4, -0.2) is 40.5 Å². The molecular formula is C43H40N4O7S2. The summed E-state index contributed by atoms with van der Waals surface area (Å²) >= 11 is 2.76. The fraction of sp³-hybridized carbons (Fsp3) is 0.209. The Balaban J connectivity index is 1.18. The molecule has 1 aliphatic rings. The summed E-state index contributed by atoms with van der Waals surface area (Å²) in [4.78, 5) is 66.3. The quantitative estimate of drug-likeness (QED) is 0.0331. The molecule has 0 bridgehead atoms. The first-order valence-corrected chi connectivity index (χ1v) is 19.9. The first kappa shape index (κ1) is 39.6. The predicted molar refractivity (Wildman–Crippen MR) is 220 cm³/mol. The minimum absolute atomic E-state index is 0.0808. The lowest BCUT2D eigenvalue weighted by atomic mass is 9.83. The molecule has 0 spiro atoms. The molecule has 3 N–H and O–H groups in total. The van der Waals surface area contributed by atoms with Crippen molar-refractivity contribution < 1.29 is 28.8 Å². The van der Waals surface area contributed by atoms with Crippen molar-refractivity contribution in [1.29, 1.82) is 0 Å². The van der Waals surface area contributed by atoms with Gasteiger partial charge in [0.05, 0.1) is 22.3 Å². The zero-order valence-electron chi connectivity index (χ0n) is 30.8. The number of non-ortho nitro benzene ring substituents is 1. The van der Waals surface area contributed by atoms with Gasteiger partial charge < -0.3 is 20.7 Å². The number of nitrogens with zero attached hydrogens (tertiary/aromatic N) is 1. The fourth-order valence-corrected chi connectivity index (χ4v) is 8.76. The van der Waals surface area contributed by atoms with E-state index in [-0.39, 0.29) is 23.9 Å². The lowest BCUT2D eigenvalue weighted by molar-refractivity contribution is -0.384. The second-order valence-electron chi connectivity index (χ2n) is 13.0. The minimum atomic E-state index is -0.623. The summed E-state index contributed by atoms with van der Waals surface area (Å²) in [6.45, 7) is 3.89. The number of hydrogen-bond donors (Lipinski definition) is 3. The topological polar surface area (TPSA) is 157 Å². The molecule has 0 aliphatic heterocycles. The van der Waals surface area contributed by atoms with Crippen LogP contribution >= 0.6 is 23.1 Å². The van der Waals surface area contributed by atoms with E-state index in [4.69, 9.17) is 4.74 Å². The number of thiophene rings is 1. The molecule has 0 saturated heterocycles. The molecule has 4 aromatic carbocycles. The van der Waals surface area contributed by atoms with Crippen molar-refractivity contribution in [3.05, 3.63) is 158 Å². The highest BCUT2D eigenvalue weighted by molar-refractivity contribution is 8.00. The molecule has 1 aromatic heterocycles. The summed E-state index contributed by atoms with van der Waals surface area (Å²) in [6, 6.07) is 31.3. The minimum Gasteiger partial charge on any atom is -0.462 e. The van der Waals surface area contributed by atoms with E-state index in [2.05, 4.69) is 28.1 Å². The number of nitrogens with one attached hydrogen (secondary N) is 3. The Morgan fingerprint density at radius 3 is 2.32 bits per heavy atom. The summed E-state index contributed by atoms with van der Waals surface area (Å²) in [5.41, 5.74) is 3.67. The van der Waals surface area contributed by atoms with Gasteiger partial charge >= 0.3 is 5.97 Å². The maximum atomic E-state index is 13.9. The van der Waals surface area contributed by atoms with Crippen LogP contribution in [0.4, 0.5) is 16.4 Å². The third-order valence-electron chi connectivity index (χ3n) is 9.23. The smallest absolute Gasteiger partial charge is 0.341 e. The lowest BCUT2D eigenvalue weighted by Crippen LogP contribution is -2.30. The highest BCUT2D eigenvalue weighted by atomic mass is 32.2. The first-order valence-electron chi connectivity index (χ1n) is 18.2. The van der Waals surface area contributed by atoms with Crippen LogP contribution in [0.25, 0.3) is 6.08 Å². The van der Waals surface area contributed by atoms with Gasteiger partial charge in [-0.05, 0) is 104 Å². The monoisotopic (exact) mass is 788 g/mol. The third kappa shape index (κ3) is 9.78. The summed E-state index contributed by atoms with van der Waals surface area (Å²) in [6.07, 6.45) is 4.29. The summed E-state index contributed by atoms with van der Waals surface area (Å²) in [7, 11) is 0. The van der Waals surface area contributed by atoms with Crippen LogP contribution < -0.4 is 16.0 Å². The number of ether oxygens (including phenoxy) is 1. The molecule has 3 amide bonds. The number of anilines is 2. The number of thioether (sulfide) groups is 1. The number of fused-ring (bicyclic) bond motifs is 1. The molecule has 0 saturated carbocycles. The van der Waals surface area contributed by atoms with Gasteiger partial charge in [0.2, 0.25) is 5.91 Å². The fourth-order valence-electron chi connectivity index (χ4n) is 6.43. The second kappa shape index (κ2) is 18.5. The average molecular weight is 789 g/mol. The maximum absolute atomic E-state index is 13.9. The zero-order valence-corrected chi connectivity index (χ0v) is 32.4. The largest absolute Gasteiger partial charge is 0.462 e. The maximum Gasteiger partial charge on any atom is 0.341 e. The number of nitro benzene ring substituents is 1. The number of hydrogen-bond acceptors (Lipinski definition) is 9. The number of amides is 3. The van der Waals surface area contributed by atoms with E-state index >= 15 is 0 Å². The van der Waals surface area contributed by atoms with E-state index in [1.54, 1.807) is 55.5 Å². The Bertz CT molecular complexity index is 2260. The van der Waals surface area contributed by atoms with Gasteiger partial charge in [-0.25, -0.2) is 4.79 Å². The van der Waals surface area contributed by atoms with Crippen LogP contribution in [0, 0.1) is 10.1 Å². The van der Waals surface area contributed by atoms with Gasteiger partial charge in [-0.2, -0.15) is 0 Å². The van der Waals surface area contributed by atoms with Crippen LogP contribution in [-0.2, 0) is 27.2 Å². The molecule has 286 valence electrons. The Labute approximate surface area is 332 Å². The summed E-state index contributed by atoms with van der Waals surface area (Å²) in [5, 5.41) is 19.7. The Morgan fingerprint density at radius 1 is 0.929 bits per heavy atom. The molecule has 1 heterocycles. The summed E-state index contributed by atoms with van der Waals surface area (Å²) < 4.78 is 5.45. The van der Waals surface area contributed by atoms with Crippen LogP contribution in [0.2, 0.25) is 0 Å². The Hall–Kier alpha value is -6.05. The molecule has 1 aliphatic carbocycles. The van der Waals surface area contributed by atoms with Gasteiger partial charge in [0.15, 0.2) is 0 Å². The number of carbonyl (C=O) groups is 4. The number of rotatable bonds is 14. The third-order valence-corrected chi connectivity index (χ3v) is 11.8. The molecule has 6 rings (SSSR count). The predicted octanol–water partition coefficient (Wildman–Crippen LogP) is 9.02. The van der Waals surface area contributed by atoms with Gasteiger partial charge in [0, 0.05) is 33.2 Å².